The third kappa shape index (κ3) is 3.75. The smallest absolute Gasteiger partial charge is 0.258 e. The Hall–Kier alpha value is -2.34. The fourth-order valence-corrected chi connectivity index (χ4v) is 4.13. The Morgan fingerprint density at radius 2 is 1.81 bits per heavy atom. The quantitative estimate of drug-likeness (QED) is 0.896. The Morgan fingerprint density at radius 3 is 2.50 bits per heavy atom. The molecule has 0 fully saturated rings. The van der Waals surface area contributed by atoms with Gasteiger partial charge in [0.25, 0.3) is 5.91 Å². The Labute approximate surface area is 155 Å². The van der Waals surface area contributed by atoms with Gasteiger partial charge in [0.1, 0.15) is 0 Å². The van der Waals surface area contributed by atoms with Gasteiger partial charge >= 0.3 is 0 Å². The first-order chi connectivity index (χ1) is 12.2. The maximum Gasteiger partial charge on any atom is 0.258 e. The molecule has 5 nitrogen and oxygen atoms in total. The topological polar surface area (TPSA) is 66.5 Å². The maximum absolute atomic E-state index is 13.2. The van der Waals surface area contributed by atoms with Crippen molar-refractivity contribution in [1.82, 2.24) is 0 Å². The van der Waals surface area contributed by atoms with Gasteiger partial charge in [0.05, 0.1) is 11.9 Å². The minimum Gasteiger partial charge on any atom is -0.308 e. The number of benzene rings is 2. The maximum atomic E-state index is 13.2. The van der Waals surface area contributed by atoms with E-state index in [1.165, 1.54) is 11.1 Å². The third-order valence-electron chi connectivity index (χ3n) is 4.72. The fourth-order valence-electron chi connectivity index (χ4n) is 3.51. The van der Waals surface area contributed by atoms with Crippen LogP contribution in [-0.4, -0.2) is 27.1 Å². The predicted molar refractivity (Wildman–Crippen MR) is 106 cm³/mol. The zero-order valence-electron chi connectivity index (χ0n) is 15.6. The third-order valence-corrected chi connectivity index (χ3v) is 5.31. The van der Waals surface area contributed by atoms with Crippen molar-refractivity contribution in [2.75, 3.05) is 22.4 Å². The minimum absolute atomic E-state index is 0.104. The van der Waals surface area contributed by atoms with Crippen molar-refractivity contribution in [2.45, 2.75) is 33.6 Å². The van der Waals surface area contributed by atoms with Gasteiger partial charge in [-0.1, -0.05) is 12.1 Å². The van der Waals surface area contributed by atoms with E-state index in [9.17, 15) is 13.2 Å². The minimum atomic E-state index is -3.40. The second-order valence-corrected chi connectivity index (χ2v) is 8.79. The summed E-state index contributed by atoms with van der Waals surface area (Å²) in [7, 11) is -3.40. The van der Waals surface area contributed by atoms with Gasteiger partial charge in [-0.3, -0.25) is 9.52 Å². The van der Waals surface area contributed by atoms with Crippen LogP contribution in [0.3, 0.4) is 0 Å². The summed E-state index contributed by atoms with van der Waals surface area (Å²) in [6, 6.07) is 9.35. The van der Waals surface area contributed by atoms with Crippen LogP contribution >= 0.6 is 0 Å². The van der Waals surface area contributed by atoms with Crippen molar-refractivity contribution in [2.24, 2.45) is 0 Å². The molecule has 0 saturated carbocycles. The molecular weight excluding hydrogens is 348 g/mol. The van der Waals surface area contributed by atoms with Crippen LogP contribution in [0.25, 0.3) is 0 Å². The van der Waals surface area contributed by atoms with Crippen molar-refractivity contribution in [1.29, 1.82) is 0 Å². The van der Waals surface area contributed by atoms with Crippen LogP contribution in [0, 0.1) is 20.8 Å². The highest BCUT2D eigenvalue weighted by molar-refractivity contribution is 7.92. The molecule has 138 valence electrons. The van der Waals surface area contributed by atoms with Gasteiger partial charge in [-0.15, -0.1) is 0 Å². The lowest BCUT2D eigenvalue weighted by atomic mass is 9.94. The summed E-state index contributed by atoms with van der Waals surface area (Å²) >= 11 is 0. The molecule has 2 aromatic rings. The molecule has 0 spiro atoms. The second kappa shape index (κ2) is 6.76. The van der Waals surface area contributed by atoms with Crippen LogP contribution < -0.4 is 9.62 Å². The lowest BCUT2D eigenvalue weighted by Crippen LogP contribution is -2.36. The molecule has 0 atom stereocenters. The van der Waals surface area contributed by atoms with Gasteiger partial charge < -0.3 is 4.90 Å². The molecular formula is C20H24N2O3S. The lowest BCUT2D eigenvalue weighted by molar-refractivity contribution is 0.0985. The van der Waals surface area contributed by atoms with Crippen LogP contribution in [0.4, 0.5) is 11.4 Å². The van der Waals surface area contributed by atoms with Gasteiger partial charge in [0.2, 0.25) is 10.0 Å². The summed E-state index contributed by atoms with van der Waals surface area (Å²) in [5, 5.41) is 0. The largest absolute Gasteiger partial charge is 0.308 e. The Balaban J connectivity index is 2.00. The van der Waals surface area contributed by atoms with Gasteiger partial charge in [-0.05, 0) is 74.1 Å². The second-order valence-electron chi connectivity index (χ2n) is 7.04. The molecule has 1 aliphatic heterocycles. The molecule has 26 heavy (non-hydrogen) atoms. The Bertz CT molecular complexity index is 981. The van der Waals surface area contributed by atoms with Gasteiger partial charge in [-0.25, -0.2) is 8.42 Å². The SMILES string of the molecule is Cc1cc(C)c2c(c1)N(C(=O)c1ccc(C)c(NS(C)(=O)=O)c1)CCC2. The van der Waals surface area contributed by atoms with Crippen molar-refractivity contribution < 1.29 is 13.2 Å². The van der Waals surface area contributed by atoms with E-state index >= 15 is 0 Å². The molecule has 1 amide bonds. The molecule has 0 radical (unpaired) electrons. The van der Waals surface area contributed by atoms with E-state index in [0.29, 0.717) is 17.8 Å². The lowest BCUT2D eigenvalue weighted by Gasteiger charge is -2.31. The standard InChI is InChI=1S/C20H24N2O3S/c1-13-10-15(3)17-6-5-9-22(19(17)11-13)20(23)16-8-7-14(2)18(12-16)21-26(4,24)25/h7-8,10-12,21H,5-6,9H2,1-4H3. The first-order valence-corrected chi connectivity index (χ1v) is 10.6. The van der Waals surface area contributed by atoms with Crippen molar-refractivity contribution in [3.8, 4) is 0 Å². The molecule has 0 bridgehead atoms. The fraction of sp³-hybridized carbons (Fsp3) is 0.350. The number of hydrogen-bond acceptors (Lipinski definition) is 3. The number of hydrogen-bond donors (Lipinski definition) is 1. The van der Waals surface area contributed by atoms with E-state index in [1.807, 2.05) is 18.7 Å². The predicted octanol–water partition coefficient (Wildman–Crippen LogP) is 3.58. The van der Waals surface area contributed by atoms with Crippen LogP contribution in [0.5, 0.6) is 0 Å². The van der Waals surface area contributed by atoms with Crippen molar-refractivity contribution in [3.05, 3.63) is 58.1 Å². The molecule has 1 aliphatic rings. The van der Waals surface area contributed by atoms with Gasteiger partial charge in [0.15, 0.2) is 0 Å². The first-order valence-electron chi connectivity index (χ1n) is 8.66. The molecule has 0 aliphatic carbocycles. The highest BCUT2D eigenvalue weighted by Gasteiger charge is 2.25. The average molecular weight is 372 g/mol. The number of sulfonamides is 1. The number of fused-ring (bicyclic) bond motifs is 1. The van der Waals surface area contributed by atoms with E-state index in [1.54, 1.807) is 18.2 Å². The molecule has 0 aromatic heterocycles. The number of aryl methyl sites for hydroxylation is 3. The van der Waals surface area contributed by atoms with E-state index in [4.69, 9.17) is 0 Å². The zero-order valence-corrected chi connectivity index (χ0v) is 16.4. The number of rotatable bonds is 3. The summed E-state index contributed by atoms with van der Waals surface area (Å²) in [4.78, 5) is 15.0. The van der Waals surface area contributed by atoms with Gasteiger partial charge in [0, 0.05) is 17.8 Å². The van der Waals surface area contributed by atoms with Crippen molar-refractivity contribution >= 4 is 27.3 Å². The monoisotopic (exact) mass is 372 g/mol. The number of amides is 1. The molecule has 6 heteroatoms. The van der Waals surface area contributed by atoms with Gasteiger partial charge in [-0.2, -0.15) is 0 Å². The Morgan fingerprint density at radius 1 is 1.08 bits per heavy atom. The molecule has 0 saturated heterocycles. The summed E-state index contributed by atoms with van der Waals surface area (Å²) in [5.41, 5.74) is 6.22. The molecule has 1 N–H and O–H groups in total. The molecule has 0 unspecified atom stereocenters. The first kappa shape index (κ1) is 18.5. The van der Waals surface area contributed by atoms with E-state index in [0.717, 1.165) is 35.9 Å². The summed E-state index contributed by atoms with van der Waals surface area (Å²) < 4.78 is 25.6. The normalized spacial score (nSPS) is 14.1. The van der Waals surface area contributed by atoms with E-state index < -0.39 is 10.0 Å². The zero-order chi connectivity index (χ0) is 19.1. The highest BCUT2D eigenvalue weighted by atomic mass is 32.2. The van der Waals surface area contributed by atoms with E-state index in [2.05, 4.69) is 23.8 Å². The molecule has 3 rings (SSSR count). The summed E-state index contributed by atoms with van der Waals surface area (Å²) in [6.07, 6.45) is 3.00. The van der Waals surface area contributed by atoms with Crippen molar-refractivity contribution in [3.63, 3.8) is 0 Å². The summed E-state index contributed by atoms with van der Waals surface area (Å²) in [6.45, 7) is 6.59. The number of carbonyl (C=O) groups is 1. The van der Waals surface area contributed by atoms with Crippen LogP contribution in [-0.2, 0) is 16.4 Å². The van der Waals surface area contributed by atoms with E-state index in [-0.39, 0.29) is 5.91 Å². The van der Waals surface area contributed by atoms with Crippen LogP contribution in [0.1, 0.15) is 39.0 Å². The molecule has 1 heterocycles. The highest BCUT2D eigenvalue weighted by Crippen LogP contribution is 2.32. The van der Waals surface area contributed by atoms with Crippen LogP contribution in [0.2, 0.25) is 0 Å². The number of nitrogens with one attached hydrogen (secondary N) is 1. The Kier molecular flexibility index (Phi) is 4.80. The summed E-state index contributed by atoms with van der Waals surface area (Å²) in [5.74, 6) is -0.104. The number of carbonyl (C=O) groups excluding carboxylic acids is 1. The number of anilines is 2. The van der Waals surface area contributed by atoms with Crippen LogP contribution in [0.15, 0.2) is 30.3 Å². The number of nitrogens with zero attached hydrogens (tertiary/aromatic N) is 1. The molecule has 2 aromatic carbocycles. The average Bonchev–Trinajstić information content (AvgIpc) is 2.54.